The number of halogens is 1. The van der Waals surface area contributed by atoms with Crippen molar-refractivity contribution in [2.45, 2.75) is 19.4 Å². The minimum absolute atomic E-state index is 0.880. The molecular weight excluding hydrogens is 313 g/mol. The van der Waals surface area contributed by atoms with Crippen molar-refractivity contribution in [2.75, 3.05) is 26.2 Å². The van der Waals surface area contributed by atoms with Crippen LogP contribution in [0.1, 0.15) is 18.5 Å². The molecule has 0 amide bonds. The van der Waals surface area contributed by atoms with Gasteiger partial charge in [-0.15, -0.1) is 0 Å². The number of aromatic nitrogens is 1. The quantitative estimate of drug-likeness (QED) is 0.660. The van der Waals surface area contributed by atoms with Gasteiger partial charge in [-0.1, -0.05) is 0 Å². The number of hydrogen-bond donors (Lipinski definition) is 1. The van der Waals surface area contributed by atoms with Crippen molar-refractivity contribution in [1.29, 1.82) is 0 Å². The third-order valence-electron chi connectivity index (χ3n) is 2.90. The molecule has 0 unspecified atom stereocenters. The number of hydrogen-bond acceptors (Lipinski definition) is 3. The Hall–Kier alpha value is -0.200. The molecule has 88 valence electrons. The number of likely N-dealkylation sites (tertiary alicyclic amines) is 1. The van der Waals surface area contributed by atoms with E-state index >= 15 is 0 Å². The Kier molecular flexibility index (Phi) is 4.99. The van der Waals surface area contributed by atoms with E-state index in [4.69, 9.17) is 0 Å². The Labute approximate surface area is 111 Å². The molecule has 1 aliphatic heterocycles. The molecular formula is C12H18IN3. The third-order valence-corrected chi connectivity index (χ3v) is 3.54. The Bertz CT molecular complexity index is 307. The van der Waals surface area contributed by atoms with Crippen LogP contribution in [0, 0.1) is 3.57 Å². The van der Waals surface area contributed by atoms with Crippen molar-refractivity contribution in [1.82, 2.24) is 15.2 Å². The number of pyridine rings is 1. The summed E-state index contributed by atoms with van der Waals surface area (Å²) in [6.45, 7) is 5.68. The lowest BCUT2D eigenvalue weighted by atomic mass is 10.3. The van der Waals surface area contributed by atoms with Gasteiger partial charge in [0.25, 0.3) is 0 Å². The minimum Gasteiger partial charge on any atom is -0.310 e. The highest BCUT2D eigenvalue weighted by Crippen LogP contribution is 2.06. The van der Waals surface area contributed by atoms with E-state index in [0.29, 0.717) is 0 Å². The van der Waals surface area contributed by atoms with Crippen molar-refractivity contribution in [3.05, 3.63) is 27.6 Å². The summed E-state index contributed by atoms with van der Waals surface area (Å²) in [5.41, 5.74) is 1.13. The predicted octanol–water partition coefficient (Wildman–Crippen LogP) is 1.87. The van der Waals surface area contributed by atoms with E-state index in [1.165, 1.54) is 36.0 Å². The Morgan fingerprint density at radius 2 is 2.12 bits per heavy atom. The molecule has 0 saturated carbocycles. The molecule has 0 radical (unpaired) electrons. The first-order valence-electron chi connectivity index (χ1n) is 5.88. The van der Waals surface area contributed by atoms with Crippen molar-refractivity contribution in [3.63, 3.8) is 0 Å². The van der Waals surface area contributed by atoms with E-state index in [9.17, 15) is 0 Å². The second-order valence-corrected chi connectivity index (χ2v) is 5.44. The Morgan fingerprint density at radius 3 is 2.81 bits per heavy atom. The molecule has 1 aromatic heterocycles. The van der Waals surface area contributed by atoms with Gasteiger partial charge in [0.15, 0.2) is 0 Å². The Morgan fingerprint density at radius 1 is 1.31 bits per heavy atom. The van der Waals surface area contributed by atoms with Crippen LogP contribution in [-0.4, -0.2) is 36.1 Å². The van der Waals surface area contributed by atoms with Crippen LogP contribution in [0.3, 0.4) is 0 Å². The maximum Gasteiger partial charge on any atom is 0.0542 e. The highest BCUT2D eigenvalue weighted by molar-refractivity contribution is 14.1. The predicted molar refractivity (Wildman–Crippen MR) is 74.3 cm³/mol. The van der Waals surface area contributed by atoms with Gasteiger partial charge < -0.3 is 10.2 Å². The molecule has 1 saturated heterocycles. The fraction of sp³-hybridized carbons (Fsp3) is 0.583. The van der Waals surface area contributed by atoms with Crippen LogP contribution in [0.25, 0.3) is 0 Å². The molecule has 3 nitrogen and oxygen atoms in total. The maximum absolute atomic E-state index is 4.36. The third kappa shape index (κ3) is 3.99. The average molecular weight is 331 g/mol. The van der Waals surface area contributed by atoms with Crippen LogP contribution in [0.2, 0.25) is 0 Å². The van der Waals surface area contributed by atoms with Crippen LogP contribution in [0.15, 0.2) is 18.3 Å². The first-order valence-corrected chi connectivity index (χ1v) is 6.96. The normalized spacial score (nSPS) is 16.8. The van der Waals surface area contributed by atoms with Gasteiger partial charge in [-0.05, 0) is 60.7 Å². The van der Waals surface area contributed by atoms with E-state index in [1.54, 1.807) is 0 Å². The maximum atomic E-state index is 4.36. The molecule has 0 spiro atoms. The zero-order valence-electron chi connectivity index (χ0n) is 9.45. The van der Waals surface area contributed by atoms with Crippen LogP contribution in [0.4, 0.5) is 0 Å². The van der Waals surface area contributed by atoms with Crippen LogP contribution in [0.5, 0.6) is 0 Å². The molecule has 1 aromatic rings. The van der Waals surface area contributed by atoms with Crippen LogP contribution in [-0.2, 0) is 6.54 Å². The lowest BCUT2D eigenvalue weighted by Crippen LogP contribution is -2.29. The highest BCUT2D eigenvalue weighted by atomic mass is 127. The molecule has 2 rings (SSSR count). The molecule has 0 bridgehead atoms. The molecule has 0 aromatic carbocycles. The molecule has 1 N–H and O–H groups in total. The Balaban J connectivity index is 1.62. The lowest BCUT2D eigenvalue weighted by Gasteiger charge is -2.14. The standard InChI is InChI=1S/C12H18IN3/c13-11-3-4-12(15-9-11)10-14-5-8-16-6-1-2-7-16/h3-4,9,14H,1-2,5-8,10H2. The minimum atomic E-state index is 0.880. The monoisotopic (exact) mass is 331 g/mol. The highest BCUT2D eigenvalue weighted by Gasteiger charge is 2.09. The van der Waals surface area contributed by atoms with Gasteiger partial charge in [0.2, 0.25) is 0 Å². The summed E-state index contributed by atoms with van der Waals surface area (Å²) in [5.74, 6) is 0. The van der Waals surface area contributed by atoms with Gasteiger partial charge in [-0.2, -0.15) is 0 Å². The summed E-state index contributed by atoms with van der Waals surface area (Å²) < 4.78 is 1.19. The van der Waals surface area contributed by atoms with Gasteiger partial charge in [0, 0.05) is 29.4 Å². The summed E-state index contributed by atoms with van der Waals surface area (Å²) in [4.78, 5) is 6.89. The van der Waals surface area contributed by atoms with E-state index in [1.807, 2.05) is 6.20 Å². The zero-order valence-corrected chi connectivity index (χ0v) is 11.6. The topological polar surface area (TPSA) is 28.2 Å². The molecule has 16 heavy (non-hydrogen) atoms. The smallest absolute Gasteiger partial charge is 0.0542 e. The van der Waals surface area contributed by atoms with E-state index in [0.717, 1.165) is 18.8 Å². The second-order valence-electron chi connectivity index (χ2n) is 4.19. The molecule has 2 heterocycles. The average Bonchev–Trinajstić information content (AvgIpc) is 2.80. The number of nitrogens with zero attached hydrogens (tertiary/aromatic N) is 2. The van der Waals surface area contributed by atoms with E-state index in [-0.39, 0.29) is 0 Å². The molecule has 1 aliphatic rings. The fourth-order valence-corrected chi connectivity index (χ4v) is 2.29. The van der Waals surface area contributed by atoms with Crippen LogP contribution < -0.4 is 5.32 Å². The largest absolute Gasteiger partial charge is 0.310 e. The molecule has 0 atom stereocenters. The van der Waals surface area contributed by atoms with Crippen molar-refractivity contribution in [2.24, 2.45) is 0 Å². The van der Waals surface area contributed by atoms with Gasteiger partial charge >= 0.3 is 0 Å². The number of nitrogens with one attached hydrogen (secondary N) is 1. The second kappa shape index (κ2) is 6.51. The lowest BCUT2D eigenvalue weighted by molar-refractivity contribution is 0.335. The summed E-state index contributed by atoms with van der Waals surface area (Å²) in [7, 11) is 0. The summed E-state index contributed by atoms with van der Waals surface area (Å²) >= 11 is 2.28. The van der Waals surface area contributed by atoms with Crippen molar-refractivity contribution in [3.8, 4) is 0 Å². The SMILES string of the molecule is Ic1ccc(CNCCN2CCCC2)nc1. The van der Waals surface area contributed by atoms with Gasteiger partial charge in [0.05, 0.1) is 5.69 Å². The van der Waals surface area contributed by atoms with E-state index in [2.05, 4.69) is 49.9 Å². The number of rotatable bonds is 5. The van der Waals surface area contributed by atoms with Gasteiger partial charge in [-0.3, -0.25) is 4.98 Å². The van der Waals surface area contributed by atoms with Crippen molar-refractivity contribution >= 4 is 22.6 Å². The molecule has 1 fully saturated rings. The first kappa shape index (κ1) is 12.3. The first-order chi connectivity index (χ1) is 7.84. The van der Waals surface area contributed by atoms with Crippen LogP contribution >= 0.6 is 22.6 Å². The summed E-state index contributed by atoms with van der Waals surface area (Å²) in [6.07, 6.45) is 4.66. The summed E-state index contributed by atoms with van der Waals surface area (Å²) in [5, 5.41) is 3.44. The zero-order chi connectivity index (χ0) is 11.2. The van der Waals surface area contributed by atoms with Gasteiger partial charge in [0.1, 0.15) is 0 Å². The van der Waals surface area contributed by atoms with E-state index < -0.39 is 0 Å². The van der Waals surface area contributed by atoms with Gasteiger partial charge in [-0.25, -0.2) is 0 Å². The van der Waals surface area contributed by atoms with Crippen molar-refractivity contribution < 1.29 is 0 Å². The fourth-order valence-electron chi connectivity index (χ4n) is 1.97. The molecule has 4 heteroatoms. The molecule has 0 aliphatic carbocycles. The summed E-state index contributed by atoms with van der Waals surface area (Å²) in [6, 6.07) is 4.19.